The Hall–Kier alpha value is -1.06. The highest BCUT2D eigenvalue weighted by molar-refractivity contribution is 5.85. The van der Waals surface area contributed by atoms with Gasteiger partial charge in [-0.05, 0) is 25.5 Å². The highest BCUT2D eigenvalue weighted by Crippen LogP contribution is 2.40. The summed E-state index contributed by atoms with van der Waals surface area (Å²) in [6, 6.07) is 10.6. The summed E-state index contributed by atoms with van der Waals surface area (Å²) in [5.41, 5.74) is 1.53. The lowest BCUT2D eigenvalue weighted by atomic mass is 9.79. The summed E-state index contributed by atoms with van der Waals surface area (Å²) in [6.45, 7) is 1.16. The lowest BCUT2D eigenvalue weighted by Crippen LogP contribution is -2.41. The van der Waals surface area contributed by atoms with Gasteiger partial charge in [-0.15, -0.1) is 12.4 Å². The van der Waals surface area contributed by atoms with Crippen LogP contribution < -0.4 is 10.6 Å². The fourth-order valence-electron chi connectivity index (χ4n) is 2.90. The van der Waals surface area contributed by atoms with Crippen molar-refractivity contribution < 1.29 is 4.79 Å². The number of rotatable bonds is 5. The van der Waals surface area contributed by atoms with E-state index in [2.05, 4.69) is 34.9 Å². The zero-order valence-corrected chi connectivity index (χ0v) is 12.3. The highest BCUT2D eigenvalue weighted by Gasteiger charge is 2.35. The van der Waals surface area contributed by atoms with Crippen molar-refractivity contribution in [2.45, 2.75) is 31.1 Å². The van der Waals surface area contributed by atoms with Crippen molar-refractivity contribution in [2.75, 3.05) is 20.1 Å². The molecular formula is C15H23ClN2O. The molecule has 0 aliphatic heterocycles. The molecule has 0 radical (unpaired) electrons. The van der Waals surface area contributed by atoms with E-state index in [9.17, 15) is 4.79 Å². The molecule has 1 amide bonds. The average Bonchev–Trinajstić information content (AvgIpc) is 2.88. The molecule has 1 aliphatic rings. The molecule has 4 heteroatoms. The van der Waals surface area contributed by atoms with Crippen molar-refractivity contribution in [1.82, 2.24) is 10.6 Å². The molecule has 1 saturated carbocycles. The molecule has 1 aromatic carbocycles. The van der Waals surface area contributed by atoms with E-state index in [4.69, 9.17) is 0 Å². The first-order valence-corrected chi connectivity index (χ1v) is 6.74. The summed E-state index contributed by atoms with van der Waals surface area (Å²) in [5, 5.41) is 5.95. The molecule has 2 N–H and O–H groups in total. The van der Waals surface area contributed by atoms with Crippen LogP contribution in [-0.2, 0) is 10.2 Å². The molecule has 0 unspecified atom stereocenters. The quantitative estimate of drug-likeness (QED) is 0.870. The maximum Gasteiger partial charge on any atom is 0.233 e. The normalized spacial score (nSPS) is 16.7. The third kappa shape index (κ3) is 3.95. The highest BCUT2D eigenvalue weighted by atomic mass is 35.5. The Bertz CT molecular complexity index is 388. The van der Waals surface area contributed by atoms with Crippen LogP contribution in [-0.4, -0.2) is 26.0 Å². The first-order valence-electron chi connectivity index (χ1n) is 6.74. The van der Waals surface area contributed by atoms with Crippen LogP contribution in [0.5, 0.6) is 0 Å². The van der Waals surface area contributed by atoms with E-state index < -0.39 is 0 Å². The van der Waals surface area contributed by atoms with E-state index >= 15 is 0 Å². The zero-order chi connectivity index (χ0) is 12.8. The summed E-state index contributed by atoms with van der Waals surface area (Å²) in [6.07, 6.45) is 4.88. The molecule has 2 rings (SSSR count). The van der Waals surface area contributed by atoms with Crippen LogP contribution in [0.1, 0.15) is 31.2 Å². The van der Waals surface area contributed by atoms with Crippen LogP contribution >= 0.6 is 12.4 Å². The molecule has 19 heavy (non-hydrogen) atoms. The van der Waals surface area contributed by atoms with Crippen LogP contribution in [0.4, 0.5) is 0 Å². The molecule has 1 aromatic rings. The van der Waals surface area contributed by atoms with E-state index in [0.29, 0.717) is 6.54 Å². The molecule has 0 bridgehead atoms. The van der Waals surface area contributed by atoms with Gasteiger partial charge in [-0.25, -0.2) is 0 Å². The Balaban J connectivity index is 0.00000180. The lowest BCUT2D eigenvalue weighted by Gasteiger charge is -2.30. The number of hydrogen-bond donors (Lipinski definition) is 2. The number of carbonyl (C=O) groups is 1. The number of likely N-dealkylation sites (N-methyl/N-ethyl adjacent to an activating group) is 1. The molecule has 1 aliphatic carbocycles. The SMILES string of the molecule is CNCC(=O)NCC1(c2ccccc2)CCCC1.Cl. The lowest BCUT2D eigenvalue weighted by molar-refractivity contribution is -0.120. The summed E-state index contributed by atoms with van der Waals surface area (Å²) in [7, 11) is 1.79. The van der Waals surface area contributed by atoms with Crippen molar-refractivity contribution in [3.8, 4) is 0 Å². The van der Waals surface area contributed by atoms with Gasteiger partial charge in [-0.3, -0.25) is 4.79 Å². The predicted octanol–water partition coefficient (Wildman–Crippen LogP) is 2.26. The molecule has 106 valence electrons. The molecule has 0 atom stereocenters. The zero-order valence-electron chi connectivity index (χ0n) is 11.4. The van der Waals surface area contributed by atoms with Crippen LogP contribution in [0.2, 0.25) is 0 Å². The van der Waals surface area contributed by atoms with Gasteiger partial charge in [0.05, 0.1) is 6.54 Å². The minimum atomic E-state index is 0. The van der Waals surface area contributed by atoms with Gasteiger partial charge in [-0.1, -0.05) is 43.2 Å². The standard InChI is InChI=1S/C15H22N2O.ClH/c1-16-11-14(18)17-12-15(9-5-6-10-15)13-7-3-2-4-8-13;/h2-4,7-8,16H,5-6,9-12H2,1H3,(H,17,18);1H. The Kier molecular flexibility index (Phi) is 6.32. The third-order valence-electron chi connectivity index (χ3n) is 3.91. The van der Waals surface area contributed by atoms with Crippen LogP contribution in [0.15, 0.2) is 30.3 Å². The summed E-state index contributed by atoms with van der Waals surface area (Å²) in [5.74, 6) is 0.0831. The molecule has 1 fully saturated rings. The van der Waals surface area contributed by atoms with E-state index in [1.165, 1.54) is 31.2 Å². The Morgan fingerprint density at radius 2 is 1.84 bits per heavy atom. The van der Waals surface area contributed by atoms with Gasteiger partial charge >= 0.3 is 0 Å². The summed E-state index contributed by atoms with van der Waals surface area (Å²) < 4.78 is 0. The number of carbonyl (C=O) groups excluding carboxylic acids is 1. The maximum absolute atomic E-state index is 11.6. The van der Waals surface area contributed by atoms with Gasteiger partial charge < -0.3 is 10.6 Å². The molecule has 0 heterocycles. The van der Waals surface area contributed by atoms with Crippen LogP contribution in [0, 0.1) is 0 Å². The van der Waals surface area contributed by atoms with Gasteiger partial charge in [0.2, 0.25) is 5.91 Å². The smallest absolute Gasteiger partial charge is 0.233 e. The van der Waals surface area contributed by atoms with Gasteiger partial charge in [0, 0.05) is 12.0 Å². The van der Waals surface area contributed by atoms with Crippen molar-refractivity contribution in [2.24, 2.45) is 0 Å². The van der Waals surface area contributed by atoms with Crippen LogP contribution in [0.25, 0.3) is 0 Å². The predicted molar refractivity (Wildman–Crippen MR) is 80.8 cm³/mol. The number of amides is 1. The largest absolute Gasteiger partial charge is 0.354 e. The number of nitrogens with one attached hydrogen (secondary N) is 2. The molecule has 0 spiro atoms. The fraction of sp³-hybridized carbons (Fsp3) is 0.533. The first kappa shape index (κ1) is 16.0. The fourth-order valence-corrected chi connectivity index (χ4v) is 2.90. The van der Waals surface area contributed by atoms with Crippen molar-refractivity contribution in [3.63, 3.8) is 0 Å². The van der Waals surface area contributed by atoms with Crippen LogP contribution in [0.3, 0.4) is 0 Å². The maximum atomic E-state index is 11.6. The third-order valence-corrected chi connectivity index (χ3v) is 3.91. The van der Waals surface area contributed by atoms with E-state index in [1.54, 1.807) is 7.05 Å². The molecule has 0 aromatic heterocycles. The Morgan fingerprint density at radius 1 is 1.21 bits per heavy atom. The second kappa shape index (κ2) is 7.51. The molecule has 3 nitrogen and oxygen atoms in total. The minimum Gasteiger partial charge on any atom is -0.354 e. The topological polar surface area (TPSA) is 41.1 Å². The van der Waals surface area contributed by atoms with Gasteiger partial charge in [0.25, 0.3) is 0 Å². The van der Waals surface area contributed by atoms with Gasteiger partial charge in [0.15, 0.2) is 0 Å². The second-order valence-electron chi connectivity index (χ2n) is 5.16. The van der Waals surface area contributed by atoms with E-state index in [1.807, 2.05) is 6.07 Å². The molecular weight excluding hydrogens is 260 g/mol. The second-order valence-corrected chi connectivity index (χ2v) is 5.16. The Morgan fingerprint density at radius 3 is 2.42 bits per heavy atom. The molecule has 0 saturated heterocycles. The summed E-state index contributed by atoms with van der Waals surface area (Å²) >= 11 is 0. The number of halogens is 1. The van der Waals surface area contributed by atoms with Crippen molar-refractivity contribution in [3.05, 3.63) is 35.9 Å². The monoisotopic (exact) mass is 282 g/mol. The Labute approximate surface area is 121 Å². The average molecular weight is 283 g/mol. The van der Waals surface area contributed by atoms with Crippen molar-refractivity contribution >= 4 is 18.3 Å². The summed E-state index contributed by atoms with van der Waals surface area (Å²) in [4.78, 5) is 11.6. The van der Waals surface area contributed by atoms with E-state index in [0.717, 1.165) is 6.54 Å². The van der Waals surface area contributed by atoms with Crippen molar-refractivity contribution in [1.29, 1.82) is 0 Å². The van der Waals surface area contributed by atoms with Gasteiger partial charge in [-0.2, -0.15) is 0 Å². The first-order chi connectivity index (χ1) is 8.77. The minimum absolute atomic E-state index is 0. The number of hydrogen-bond acceptors (Lipinski definition) is 2. The van der Waals surface area contributed by atoms with Gasteiger partial charge in [0.1, 0.15) is 0 Å². The van der Waals surface area contributed by atoms with E-state index in [-0.39, 0.29) is 23.7 Å². The number of benzene rings is 1.